The molecule has 1 amide bonds. The van der Waals surface area contributed by atoms with Crippen LogP contribution in [0.3, 0.4) is 0 Å². The lowest BCUT2D eigenvalue weighted by atomic mass is 9.78. The first-order valence-electron chi connectivity index (χ1n) is 8.31. The number of carbonyl (C=O) groups is 1. The Kier molecular flexibility index (Phi) is 5.36. The van der Waals surface area contributed by atoms with Gasteiger partial charge in [0, 0.05) is 13.7 Å². The molecule has 2 atom stereocenters. The van der Waals surface area contributed by atoms with Gasteiger partial charge in [0.15, 0.2) is 0 Å². The van der Waals surface area contributed by atoms with Crippen molar-refractivity contribution < 1.29 is 14.3 Å². The zero-order valence-corrected chi connectivity index (χ0v) is 14.7. The lowest BCUT2D eigenvalue weighted by molar-refractivity contribution is -0.160. The maximum absolute atomic E-state index is 13.3. The van der Waals surface area contributed by atoms with Gasteiger partial charge in [-0.1, -0.05) is 0 Å². The van der Waals surface area contributed by atoms with Gasteiger partial charge in [-0.15, -0.1) is 0 Å². The monoisotopic (exact) mass is 338 g/mol. The molecule has 3 heterocycles. The summed E-state index contributed by atoms with van der Waals surface area (Å²) in [4.78, 5) is 15.3. The van der Waals surface area contributed by atoms with E-state index in [-0.39, 0.29) is 23.5 Å². The molecule has 2 saturated heterocycles. The van der Waals surface area contributed by atoms with Crippen LogP contribution in [0.5, 0.6) is 0 Å². The Morgan fingerprint density at radius 2 is 2.26 bits per heavy atom. The molecule has 2 aliphatic heterocycles. The minimum absolute atomic E-state index is 0.0183. The third-order valence-electron chi connectivity index (χ3n) is 4.90. The molecule has 0 bridgehead atoms. The van der Waals surface area contributed by atoms with Crippen LogP contribution >= 0.6 is 11.3 Å². The van der Waals surface area contributed by atoms with Crippen LogP contribution < -0.4 is 5.32 Å². The van der Waals surface area contributed by atoms with Gasteiger partial charge in [0.1, 0.15) is 6.10 Å². The number of thiophene rings is 1. The van der Waals surface area contributed by atoms with Gasteiger partial charge in [-0.3, -0.25) is 4.79 Å². The van der Waals surface area contributed by atoms with Crippen molar-refractivity contribution in [1.29, 1.82) is 0 Å². The van der Waals surface area contributed by atoms with Crippen LogP contribution in [0.2, 0.25) is 0 Å². The first kappa shape index (κ1) is 16.9. The molecule has 2 aliphatic rings. The van der Waals surface area contributed by atoms with Gasteiger partial charge >= 0.3 is 0 Å². The third kappa shape index (κ3) is 3.60. The quantitative estimate of drug-likeness (QED) is 0.913. The van der Waals surface area contributed by atoms with Gasteiger partial charge in [0.2, 0.25) is 5.91 Å². The number of nitrogens with one attached hydrogen (secondary N) is 1. The fraction of sp³-hybridized carbons (Fsp3) is 0.706. The molecule has 0 aliphatic carbocycles. The number of nitrogens with zero attached hydrogens (tertiary/aromatic N) is 1. The molecule has 1 aromatic heterocycles. The molecule has 128 valence electrons. The van der Waals surface area contributed by atoms with Gasteiger partial charge in [-0.25, -0.2) is 0 Å². The van der Waals surface area contributed by atoms with Crippen molar-refractivity contribution in [2.24, 2.45) is 5.41 Å². The van der Waals surface area contributed by atoms with Crippen molar-refractivity contribution in [3.05, 3.63) is 22.4 Å². The van der Waals surface area contributed by atoms with E-state index in [1.807, 2.05) is 11.8 Å². The Balaban J connectivity index is 1.76. The average Bonchev–Trinajstić information content (AvgIpc) is 3.09. The Morgan fingerprint density at radius 1 is 1.48 bits per heavy atom. The van der Waals surface area contributed by atoms with E-state index in [4.69, 9.17) is 9.47 Å². The predicted molar refractivity (Wildman–Crippen MR) is 90.6 cm³/mol. The lowest BCUT2D eigenvalue weighted by Crippen LogP contribution is -2.55. The fourth-order valence-electron chi connectivity index (χ4n) is 3.70. The standard InChI is InChI=1S/C17H26N2O3S/c1-13-9-19(10-15(22-13)14-3-8-23-11-14)16(20)17(12-21-2)4-6-18-7-5-17/h3,8,11,13,15,18H,4-7,9-10,12H2,1-2H3. The number of amides is 1. The number of piperidine rings is 1. The first-order valence-corrected chi connectivity index (χ1v) is 9.25. The van der Waals surface area contributed by atoms with Crippen LogP contribution in [0.25, 0.3) is 0 Å². The predicted octanol–water partition coefficient (Wildman–Crippen LogP) is 2.05. The summed E-state index contributed by atoms with van der Waals surface area (Å²) in [7, 11) is 1.69. The van der Waals surface area contributed by atoms with E-state index >= 15 is 0 Å². The van der Waals surface area contributed by atoms with E-state index in [2.05, 4.69) is 22.1 Å². The molecule has 0 saturated carbocycles. The van der Waals surface area contributed by atoms with Crippen molar-refractivity contribution in [2.75, 3.05) is 39.9 Å². The molecule has 23 heavy (non-hydrogen) atoms. The highest BCUT2D eigenvalue weighted by Crippen LogP contribution is 2.35. The number of morpholine rings is 1. The van der Waals surface area contributed by atoms with Crippen molar-refractivity contribution in [1.82, 2.24) is 10.2 Å². The molecule has 0 aromatic carbocycles. The molecule has 2 fully saturated rings. The zero-order valence-electron chi connectivity index (χ0n) is 13.9. The first-order chi connectivity index (χ1) is 11.1. The largest absolute Gasteiger partial charge is 0.384 e. The molecule has 2 unspecified atom stereocenters. The number of rotatable bonds is 4. The van der Waals surface area contributed by atoms with E-state index < -0.39 is 0 Å². The Morgan fingerprint density at radius 3 is 2.91 bits per heavy atom. The van der Waals surface area contributed by atoms with Crippen LogP contribution in [0.1, 0.15) is 31.4 Å². The lowest BCUT2D eigenvalue weighted by Gasteiger charge is -2.43. The van der Waals surface area contributed by atoms with E-state index in [0.717, 1.165) is 25.9 Å². The topological polar surface area (TPSA) is 50.8 Å². The van der Waals surface area contributed by atoms with Gasteiger partial charge in [0.05, 0.1) is 24.7 Å². The maximum Gasteiger partial charge on any atom is 0.231 e. The molecular weight excluding hydrogens is 312 g/mol. The van der Waals surface area contributed by atoms with Crippen molar-refractivity contribution >= 4 is 17.2 Å². The number of ether oxygens (including phenoxy) is 2. The summed E-state index contributed by atoms with van der Waals surface area (Å²) >= 11 is 1.67. The van der Waals surface area contributed by atoms with Crippen LogP contribution in [0, 0.1) is 5.41 Å². The van der Waals surface area contributed by atoms with Gasteiger partial charge in [0.25, 0.3) is 0 Å². The molecule has 0 spiro atoms. The zero-order chi connectivity index (χ0) is 16.3. The second-order valence-electron chi connectivity index (χ2n) is 6.67. The van der Waals surface area contributed by atoms with Gasteiger partial charge in [-0.05, 0) is 55.2 Å². The van der Waals surface area contributed by atoms with Gasteiger partial charge in [-0.2, -0.15) is 11.3 Å². The van der Waals surface area contributed by atoms with Crippen LogP contribution in [0.4, 0.5) is 0 Å². The Hall–Kier alpha value is -0.950. The van der Waals surface area contributed by atoms with Crippen LogP contribution in [0.15, 0.2) is 16.8 Å². The SMILES string of the molecule is COCC1(C(=O)N2CC(C)OC(c3ccsc3)C2)CCNCC1. The number of methoxy groups -OCH3 is 1. The summed E-state index contributed by atoms with van der Waals surface area (Å²) in [5, 5.41) is 7.52. The summed E-state index contributed by atoms with van der Waals surface area (Å²) in [5.41, 5.74) is 0.793. The number of carbonyl (C=O) groups excluding carboxylic acids is 1. The third-order valence-corrected chi connectivity index (χ3v) is 5.60. The maximum atomic E-state index is 13.3. The molecule has 6 heteroatoms. The normalized spacial score (nSPS) is 27.8. The summed E-state index contributed by atoms with van der Waals surface area (Å²) in [6.45, 7) is 5.61. The highest BCUT2D eigenvalue weighted by atomic mass is 32.1. The van der Waals surface area contributed by atoms with Crippen LogP contribution in [-0.2, 0) is 14.3 Å². The Labute approximate surface area is 142 Å². The van der Waals surface area contributed by atoms with Crippen molar-refractivity contribution in [3.8, 4) is 0 Å². The van der Waals surface area contributed by atoms with Crippen molar-refractivity contribution in [3.63, 3.8) is 0 Å². The molecule has 3 rings (SSSR count). The second-order valence-corrected chi connectivity index (χ2v) is 7.45. The van der Waals surface area contributed by atoms with Gasteiger partial charge < -0.3 is 19.7 Å². The Bertz CT molecular complexity index is 508. The molecule has 1 N–H and O–H groups in total. The molecule has 5 nitrogen and oxygen atoms in total. The fourth-order valence-corrected chi connectivity index (χ4v) is 4.40. The van der Waals surface area contributed by atoms with Crippen LogP contribution in [-0.4, -0.2) is 56.8 Å². The highest BCUT2D eigenvalue weighted by molar-refractivity contribution is 7.07. The molecular formula is C17H26N2O3S. The summed E-state index contributed by atoms with van der Waals surface area (Å²) < 4.78 is 11.5. The molecule has 0 radical (unpaired) electrons. The summed E-state index contributed by atoms with van der Waals surface area (Å²) in [6.07, 6.45) is 1.72. The molecule has 1 aromatic rings. The van der Waals surface area contributed by atoms with E-state index in [0.29, 0.717) is 19.7 Å². The minimum atomic E-state index is -0.379. The minimum Gasteiger partial charge on any atom is -0.384 e. The van der Waals surface area contributed by atoms with Crippen molar-refractivity contribution in [2.45, 2.75) is 32.0 Å². The average molecular weight is 338 g/mol. The highest BCUT2D eigenvalue weighted by Gasteiger charge is 2.44. The van der Waals surface area contributed by atoms with E-state index in [1.54, 1.807) is 18.4 Å². The number of hydrogen-bond donors (Lipinski definition) is 1. The second kappa shape index (κ2) is 7.30. The summed E-state index contributed by atoms with van der Waals surface area (Å²) in [6, 6.07) is 2.09. The van der Waals surface area contributed by atoms with E-state index in [9.17, 15) is 4.79 Å². The number of hydrogen-bond acceptors (Lipinski definition) is 5. The summed E-state index contributed by atoms with van der Waals surface area (Å²) in [5.74, 6) is 0.233. The smallest absolute Gasteiger partial charge is 0.231 e. The van der Waals surface area contributed by atoms with E-state index in [1.165, 1.54) is 5.56 Å².